The molecule has 0 saturated heterocycles. The maximum Gasteiger partial charge on any atom is 0.419 e. The first-order valence-electron chi connectivity index (χ1n) is 4.97. The van der Waals surface area contributed by atoms with Gasteiger partial charge in [0.05, 0.1) is 5.56 Å². The molecular weight excluding hydrogens is 222 g/mol. The minimum absolute atomic E-state index is 0.00231. The molecule has 0 amide bonds. The van der Waals surface area contributed by atoms with Crippen molar-refractivity contribution in [1.82, 2.24) is 0 Å². The Kier molecular flexibility index (Phi) is 2.45. The van der Waals surface area contributed by atoms with Gasteiger partial charge in [-0.15, -0.1) is 0 Å². The molecule has 0 radical (unpaired) electrons. The molecule has 1 saturated carbocycles. The normalized spacial score (nSPS) is 18.6. The first-order chi connectivity index (χ1) is 7.41. The topological polar surface area (TPSA) is 26.0 Å². The fourth-order valence-electron chi connectivity index (χ4n) is 1.99. The Morgan fingerprint density at radius 2 is 1.88 bits per heavy atom. The van der Waals surface area contributed by atoms with Gasteiger partial charge in [-0.1, -0.05) is 12.1 Å². The van der Waals surface area contributed by atoms with E-state index < -0.39 is 23.0 Å². The quantitative estimate of drug-likeness (QED) is 0.781. The van der Waals surface area contributed by atoms with E-state index in [1.165, 1.54) is 12.1 Å². The van der Waals surface area contributed by atoms with Gasteiger partial charge in [0.15, 0.2) is 0 Å². The minimum atomic E-state index is -4.66. The highest BCUT2D eigenvalue weighted by Gasteiger charge is 2.49. The third-order valence-corrected chi connectivity index (χ3v) is 3.11. The van der Waals surface area contributed by atoms with E-state index in [4.69, 9.17) is 5.73 Å². The molecule has 0 unspecified atom stereocenters. The van der Waals surface area contributed by atoms with Crippen molar-refractivity contribution in [2.24, 2.45) is 5.73 Å². The number of hydrogen-bond acceptors (Lipinski definition) is 1. The summed E-state index contributed by atoms with van der Waals surface area (Å²) in [6.07, 6.45) is -3.47. The van der Waals surface area contributed by atoms with E-state index in [1.54, 1.807) is 0 Å². The summed E-state index contributed by atoms with van der Waals surface area (Å²) in [5.41, 5.74) is 3.66. The number of benzene rings is 1. The van der Waals surface area contributed by atoms with Crippen molar-refractivity contribution >= 4 is 0 Å². The van der Waals surface area contributed by atoms with Crippen LogP contribution in [0.15, 0.2) is 18.2 Å². The van der Waals surface area contributed by atoms with Crippen LogP contribution in [0.3, 0.4) is 0 Å². The molecule has 0 atom stereocenters. The summed E-state index contributed by atoms with van der Waals surface area (Å²) in [4.78, 5) is 0. The zero-order valence-corrected chi connectivity index (χ0v) is 8.44. The molecular formula is C11H11F4N. The van der Waals surface area contributed by atoms with Gasteiger partial charge in [-0.25, -0.2) is 4.39 Å². The van der Waals surface area contributed by atoms with E-state index in [0.29, 0.717) is 12.8 Å². The van der Waals surface area contributed by atoms with Gasteiger partial charge in [-0.3, -0.25) is 0 Å². The predicted molar refractivity (Wildman–Crippen MR) is 51.4 cm³/mol. The van der Waals surface area contributed by atoms with Crippen LogP contribution in [0.1, 0.15) is 24.0 Å². The molecule has 2 rings (SSSR count). The number of hydrogen-bond donors (Lipinski definition) is 1. The van der Waals surface area contributed by atoms with E-state index in [2.05, 4.69) is 0 Å². The van der Waals surface area contributed by atoms with Crippen LogP contribution in [0.5, 0.6) is 0 Å². The molecule has 1 fully saturated rings. The Morgan fingerprint density at radius 1 is 1.25 bits per heavy atom. The summed E-state index contributed by atoms with van der Waals surface area (Å²) >= 11 is 0. The monoisotopic (exact) mass is 233 g/mol. The summed E-state index contributed by atoms with van der Waals surface area (Å²) in [6, 6.07) is 3.46. The first-order valence-corrected chi connectivity index (χ1v) is 4.97. The van der Waals surface area contributed by atoms with Crippen LogP contribution in [0.25, 0.3) is 0 Å². The highest BCUT2D eigenvalue weighted by molar-refractivity contribution is 5.41. The summed E-state index contributed by atoms with van der Waals surface area (Å²) in [5.74, 6) is -1.22. The molecule has 1 aliphatic rings. The maximum atomic E-state index is 13.3. The molecule has 0 heterocycles. The number of rotatable bonds is 2. The lowest BCUT2D eigenvalue weighted by Gasteiger charge is -2.19. The van der Waals surface area contributed by atoms with Crippen molar-refractivity contribution in [3.05, 3.63) is 35.1 Å². The van der Waals surface area contributed by atoms with Crippen molar-refractivity contribution in [3.8, 4) is 0 Å². The Morgan fingerprint density at radius 3 is 2.31 bits per heavy atom. The van der Waals surface area contributed by atoms with Gasteiger partial charge < -0.3 is 5.73 Å². The van der Waals surface area contributed by atoms with Gasteiger partial charge in [0.1, 0.15) is 5.82 Å². The third kappa shape index (κ3) is 1.69. The van der Waals surface area contributed by atoms with Gasteiger partial charge >= 0.3 is 6.18 Å². The second kappa shape index (κ2) is 3.45. The van der Waals surface area contributed by atoms with E-state index in [9.17, 15) is 17.6 Å². The van der Waals surface area contributed by atoms with Crippen molar-refractivity contribution in [2.45, 2.75) is 24.4 Å². The molecule has 1 aromatic carbocycles. The summed E-state index contributed by atoms with van der Waals surface area (Å²) in [6.45, 7) is 0.125. The van der Waals surface area contributed by atoms with E-state index >= 15 is 0 Å². The maximum absolute atomic E-state index is 13.3. The summed E-state index contributed by atoms with van der Waals surface area (Å²) < 4.78 is 51.4. The highest BCUT2D eigenvalue weighted by atomic mass is 19.4. The largest absolute Gasteiger partial charge is 0.419 e. The fraction of sp³-hybridized carbons (Fsp3) is 0.455. The zero-order chi connectivity index (χ0) is 12.0. The van der Waals surface area contributed by atoms with Gasteiger partial charge in [0, 0.05) is 12.0 Å². The van der Waals surface area contributed by atoms with Gasteiger partial charge in [0.25, 0.3) is 0 Å². The van der Waals surface area contributed by atoms with Crippen LogP contribution >= 0.6 is 0 Å². The second-order valence-corrected chi connectivity index (χ2v) is 4.14. The van der Waals surface area contributed by atoms with Crippen LogP contribution in [-0.4, -0.2) is 6.54 Å². The molecule has 2 N–H and O–H groups in total. The lowest BCUT2D eigenvalue weighted by Crippen LogP contribution is -2.24. The Hall–Kier alpha value is -1.10. The molecule has 1 nitrogen and oxygen atoms in total. The number of halogens is 4. The molecule has 1 aromatic rings. The average Bonchev–Trinajstić information content (AvgIpc) is 2.95. The molecule has 1 aliphatic carbocycles. The second-order valence-electron chi connectivity index (χ2n) is 4.14. The van der Waals surface area contributed by atoms with Crippen molar-refractivity contribution in [2.75, 3.05) is 6.54 Å². The number of nitrogens with two attached hydrogens (primary N) is 1. The Bertz CT molecular complexity index is 407. The fourth-order valence-corrected chi connectivity index (χ4v) is 1.99. The molecule has 5 heteroatoms. The predicted octanol–water partition coefficient (Wildman–Crippen LogP) is 2.83. The van der Waals surface area contributed by atoms with Crippen LogP contribution in [-0.2, 0) is 11.6 Å². The molecule has 16 heavy (non-hydrogen) atoms. The molecule has 0 bridgehead atoms. The standard InChI is InChI=1S/C11H11F4N/c12-8-3-1-2-7(9(8)11(13,14)15)10(6-16)4-5-10/h1-3H,4-6,16H2. The smallest absolute Gasteiger partial charge is 0.330 e. The third-order valence-electron chi connectivity index (χ3n) is 3.11. The first kappa shape index (κ1) is 11.4. The van der Waals surface area contributed by atoms with Crippen molar-refractivity contribution in [1.29, 1.82) is 0 Å². The van der Waals surface area contributed by atoms with Gasteiger partial charge in [-0.05, 0) is 24.5 Å². The Balaban J connectivity index is 2.58. The molecule has 0 aliphatic heterocycles. The van der Waals surface area contributed by atoms with Crippen LogP contribution in [0.2, 0.25) is 0 Å². The lowest BCUT2D eigenvalue weighted by molar-refractivity contribution is -0.140. The zero-order valence-electron chi connectivity index (χ0n) is 8.44. The molecule has 88 valence electrons. The molecule has 0 aromatic heterocycles. The van der Waals surface area contributed by atoms with Crippen LogP contribution < -0.4 is 5.73 Å². The SMILES string of the molecule is NCC1(c2cccc(F)c2C(F)(F)F)CC1. The van der Waals surface area contributed by atoms with Crippen molar-refractivity contribution in [3.63, 3.8) is 0 Å². The lowest BCUT2D eigenvalue weighted by atomic mass is 9.91. The van der Waals surface area contributed by atoms with E-state index in [-0.39, 0.29) is 12.1 Å². The summed E-state index contributed by atoms with van der Waals surface area (Å²) in [5, 5.41) is 0. The highest BCUT2D eigenvalue weighted by Crippen LogP contribution is 2.51. The van der Waals surface area contributed by atoms with Gasteiger partial charge in [0.2, 0.25) is 0 Å². The van der Waals surface area contributed by atoms with Crippen molar-refractivity contribution < 1.29 is 17.6 Å². The Labute approximate surface area is 90.3 Å². The van der Waals surface area contributed by atoms with Crippen LogP contribution in [0.4, 0.5) is 17.6 Å². The van der Waals surface area contributed by atoms with Gasteiger partial charge in [-0.2, -0.15) is 13.2 Å². The van der Waals surface area contributed by atoms with E-state index in [1.807, 2.05) is 0 Å². The van der Waals surface area contributed by atoms with E-state index in [0.717, 1.165) is 6.07 Å². The van der Waals surface area contributed by atoms with Crippen LogP contribution in [0, 0.1) is 5.82 Å². The molecule has 0 spiro atoms. The average molecular weight is 233 g/mol. The summed E-state index contributed by atoms with van der Waals surface area (Å²) in [7, 11) is 0. The number of alkyl halides is 3. The minimum Gasteiger partial charge on any atom is -0.330 e.